The van der Waals surface area contributed by atoms with Gasteiger partial charge in [0, 0.05) is 30.3 Å². The molecule has 4 aromatic rings. The van der Waals surface area contributed by atoms with Gasteiger partial charge in [0.15, 0.2) is 5.11 Å². The van der Waals surface area contributed by atoms with Crippen LogP contribution in [0.5, 0.6) is 5.75 Å². The van der Waals surface area contributed by atoms with E-state index in [0.717, 1.165) is 22.2 Å². The fourth-order valence-electron chi connectivity index (χ4n) is 4.57. The van der Waals surface area contributed by atoms with Gasteiger partial charge in [-0.05, 0) is 91.3 Å². The molecule has 0 spiro atoms. The predicted octanol–water partition coefficient (Wildman–Crippen LogP) is 5.67. The van der Waals surface area contributed by atoms with Crippen LogP contribution in [0.4, 0.5) is 0 Å². The molecule has 0 saturated carbocycles. The highest BCUT2D eigenvalue weighted by Gasteiger charge is 2.41. The Bertz CT molecular complexity index is 1300. The van der Waals surface area contributed by atoms with Crippen molar-refractivity contribution in [1.82, 2.24) is 19.8 Å². The highest BCUT2D eigenvalue weighted by Crippen LogP contribution is 2.40. The lowest BCUT2D eigenvalue weighted by atomic mass is 10.0. The van der Waals surface area contributed by atoms with E-state index in [1.165, 1.54) is 22.4 Å². The Morgan fingerprint density at radius 2 is 1.79 bits per heavy atom. The lowest BCUT2D eigenvalue weighted by Crippen LogP contribution is -2.30. The van der Waals surface area contributed by atoms with Gasteiger partial charge in [-0.15, -0.1) is 0 Å². The summed E-state index contributed by atoms with van der Waals surface area (Å²) in [7, 11) is 1.68. The fourth-order valence-corrected chi connectivity index (χ4v) is 4.88. The van der Waals surface area contributed by atoms with Crippen molar-refractivity contribution in [2.45, 2.75) is 32.5 Å². The van der Waals surface area contributed by atoms with Crippen molar-refractivity contribution < 1.29 is 4.74 Å². The van der Waals surface area contributed by atoms with Gasteiger partial charge in [0.2, 0.25) is 0 Å². The van der Waals surface area contributed by atoms with E-state index in [2.05, 4.69) is 88.3 Å². The first kappa shape index (κ1) is 22.2. The van der Waals surface area contributed by atoms with Crippen LogP contribution < -0.4 is 10.1 Å². The molecule has 0 amide bonds. The minimum atomic E-state index is -0.0628. The van der Waals surface area contributed by atoms with Crippen molar-refractivity contribution in [3.05, 3.63) is 113 Å². The molecule has 5 rings (SSSR count). The molecule has 6 heteroatoms. The summed E-state index contributed by atoms with van der Waals surface area (Å²) in [6, 6.07) is 25.0. The molecular weight excluding hydrogens is 440 g/mol. The Balaban J connectivity index is 1.58. The molecule has 1 aliphatic heterocycles. The molecule has 1 N–H and O–H groups in total. The zero-order valence-corrected chi connectivity index (χ0v) is 20.4. The van der Waals surface area contributed by atoms with Gasteiger partial charge in [-0.3, -0.25) is 4.98 Å². The first-order valence-corrected chi connectivity index (χ1v) is 11.8. The van der Waals surface area contributed by atoms with Gasteiger partial charge in [0.1, 0.15) is 5.75 Å². The molecule has 0 radical (unpaired) electrons. The number of ether oxygens (including phenoxy) is 1. The molecule has 3 heterocycles. The lowest BCUT2D eigenvalue weighted by molar-refractivity contribution is 0.302. The van der Waals surface area contributed by atoms with Gasteiger partial charge in [-0.2, -0.15) is 0 Å². The number of nitrogens with one attached hydrogen (secondary N) is 1. The van der Waals surface area contributed by atoms with Crippen molar-refractivity contribution in [1.29, 1.82) is 0 Å². The Hall–Kier alpha value is -3.64. The van der Waals surface area contributed by atoms with Crippen LogP contribution in [0, 0.1) is 13.8 Å². The average Bonchev–Trinajstić information content (AvgIpc) is 3.46. The Labute approximate surface area is 206 Å². The summed E-state index contributed by atoms with van der Waals surface area (Å²) in [4.78, 5) is 6.94. The van der Waals surface area contributed by atoms with Gasteiger partial charge < -0.3 is 19.5 Å². The molecule has 5 nitrogen and oxygen atoms in total. The molecule has 1 aliphatic rings. The van der Waals surface area contributed by atoms with Crippen LogP contribution in [-0.2, 0) is 6.54 Å². The van der Waals surface area contributed by atoms with Crippen LogP contribution in [0.15, 0.2) is 85.2 Å². The molecule has 0 unspecified atom stereocenters. The predicted molar refractivity (Wildman–Crippen MR) is 139 cm³/mol. The van der Waals surface area contributed by atoms with E-state index in [4.69, 9.17) is 17.0 Å². The number of hydrogen-bond acceptors (Lipinski definition) is 3. The summed E-state index contributed by atoms with van der Waals surface area (Å²) < 4.78 is 7.60. The third-order valence-electron chi connectivity index (χ3n) is 6.56. The monoisotopic (exact) mass is 468 g/mol. The summed E-state index contributed by atoms with van der Waals surface area (Å²) >= 11 is 5.87. The van der Waals surface area contributed by atoms with Crippen LogP contribution in [0.1, 0.15) is 40.2 Å². The number of nitrogens with zero attached hydrogens (tertiary/aromatic N) is 3. The van der Waals surface area contributed by atoms with Crippen molar-refractivity contribution >= 4 is 17.3 Å². The second-order valence-corrected chi connectivity index (χ2v) is 9.06. The van der Waals surface area contributed by atoms with E-state index in [1.807, 2.05) is 30.5 Å². The van der Waals surface area contributed by atoms with E-state index in [0.29, 0.717) is 6.54 Å². The number of pyridine rings is 1. The first-order valence-electron chi connectivity index (χ1n) is 11.4. The highest BCUT2D eigenvalue weighted by atomic mass is 32.1. The van der Waals surface area contributed by atoms with Crippen molar-refractivity contribution in [2.75, 3.05) is 7.11 Å². The third kappa shape index (κ3) is 4.17. The number of hydrogen-bond donors (Lipinski definition) is 1. The maximum absolute atomic E-state index is 5.87. The fraction of sp³-hybridized carbons (Fsp3) is 0.214. The minimum Gasteiger partial charge on any atom is -0.497 e. The van der Waals surface area contributed by atoms with E-state index >= 15 is 0 Å². The maximum atomic E-state index is 5.87. The molecular formula is C28H28N4OS. The lowest BCUT2D eigenvalue weighted by Gasteiger charge is -2.29. The highest BCUT2D eigenvalue weighted by molar-refractivity contribution is 7.80. The van der Waals surface area contributed by atoms with Gasteiger partial charge in [-0.1, -0.05) is 24.3 Å². The number of rotatable bonds is 6. The summed E-state index contributed by atoms with van der Waals surface area (Å²) in [5.41, 5.74) is 7.01. The zero-order valence-electron chi connectivity index (χ0n) is 19.6. The molecule has 34 heavy (non-hydrogen) atoms. The van der Waals surface area contributed by atoms with Crippen molar-refractivity contribution in [3.63, 3.8) is 0 Å². The topological polar surface area (TPSA) is 42.3 Å². The Morgan fingerprint density at radius 3 is 2.50 bits per heavy atom. The van der Waals surface area contributed by atoms with Crippen LogP contribution in [0.25, 0.3) is 5.69 Å². The molecule has 2 aromatic heterocycles. The average molecular weight is 469 g/mol. The summed E-state index contributed by atoms with van der Waals surface area (Å²) in [6.07, 6.45) is 3.97. The first-order chi connectivity index (χ1) is 16.5. The SMILES string of the molecule is COc1ccc(CN2C(=S)N[C@@H](c3ccccn3)[C@@H]2c2cccn2-c2ccc(C)c(C)c2)cc1. The van der Waals surface area contributed by atoms with E-state index < -0.39 is 0 Å². The van der Waals surface area contributed by atoms with Crippen LogP contribution >= 0.6 is 12.2 Å². The van der Waals surface area contributed by atoms with Gasteiger partial charge in [0.25, 0.3) is 0 Å². The number of benzene rings is 2. The van der Waals surface area contributed by atoms with E-state index in [-0.39, 0.29) is 12.1 Å². The maximum Gasteiger partial charge on any atom is 0.170 e. The third-order valence-corrected chi connectivity index (χ3v) is 6.91. The van der Waals surface area contributed by atoms with E-state index in [1.54, 1.807) is 7.11 Å². The van der Waals surface area contributed by atoms with Gasteiger partial charge >= 0.3 is 0 Å². The zero-order chi connectivity index (χ0) is 23.7. The normalized spacial score (nSPS) is 17.6. The summed E-state index contributed by atoms with van der Waals surface area (Å²) in [5.74, 6) is 0.845. The quantitative estimate of drug-likeness (QED) is 0.369. The summed E-state index contributed by atoms with van der Waals surface area (Å²) in [6.45, 7) is 4.98. The van der Waals surface area contributed by atoms with Crippen LogP contribution in [-0.4, -0.2) is 26.7 Å². The number of aryl methyl sites for hydroxylation is 2. The molecule has 0 aliphatic carbocycles. The van der Waals surface area contributed by atoms with Crippen molar-refractivity contribution in [3.8, 4) is 11.4 Å². The summed E-state index contributed by atoms with van der Waals surface area (Å²) in [5, 5.41) is 4.28. The smallest absolute Gasteiger partial charge is 0.170 e. The van der Waals surface area contributed by atoms with Gasteiger partial charge in [-0.25, -0.2) is 0 Å². The Kier molecular flexibility index (Phi) is 6.07. The minimum absolute atomic E-state index is 0.0267. The molecule has 172 valence electrons. The molecule has 2 atom stereocenters. The van der Waals surface area contributed by atoms with E-state index in [9.17, 15) is 0 Å². The number of thiocarbonyl (C=S) groups is 1. The van der Waals surface area contributed by atoms with Crippen LogP contribution in [0.3, 0.4) is 0 Å². The Morgan fingerprint density at radius 1 is 0.971 bits per heavy atom. The van der Waals surface area contributed by atoms with Crippen molar-refractivity contribution in [2.24, 2.45) is 0 Å². The van der Waals surface area contributed by atoms with Gasteiger partial charge in [0.05, 0.1) is 24.9 Å². The number of aromatic nitrogens is 2. The molecule has 1 saturated heterocycles. The molecule has 1 fully saturated rings. The molecule has 0 bridgehead atoms. The molecule has 2 aromatic carbocycles. The standard InChI is InChI=1S/C28H28N4OS/c1-19-9-12-22(17-20(19)2)31-16-6-8-25(31)27-26(24-7-4-5-15-29-24)30-28(34)32(27)18-21-10-13-23(33-3)14-11-21/h4-17,26-27H,18H2,1-3H3,(H,30,34)/t26-,27-/m0/s1. The second-order valence-electron chi connectivity index (χ2n) is 8.67. The largest absolute Gasteiger partial charge is 0.497 e. The van der Waals surface area contributed by atoms with Crippen LogP contribution in [0.2, 0.25) is 0 Å². The second kappa shape index (κ2) is 9.31. The number of methoxy groups -OCH3 is 1.